The maximum absolute atomic E-state index is 11.7. The van der Waals surface area contributed by atoms with E-state index in [0.29, 0.717) is 12.5 Å². The fourth-order valence-corrected chi connectivity index (χ4v) is 2.50. The van der Waals surface area contributed by atoms with E-state index in [9.17, 15) is 4.79 Å². The lowest BCUT2D eigenvalue weighted by Crippen LogP contribution is -2.02. The lowest BCUT2D eigenvalue weighted by atomic mass is 9.98. The van der Waals surface area contributed by atoms with Crippen LogP contribution in [-0.2, 0) is 9.53 Å². The molecule has 0 radical (unpaired) electrons. The zero-order valence-corrected chi connectivity index (χ0v) is 17.3. The van der Waals surface area contributed by atoms with Crippen molar-refractivity contribution in [2.24, 2.45) is 5.92 Å². The fourth-order valence-electron chi connectivity index (χ4n) is 2.50. The first kappa shape index (κ1) is 23.7. The van der Waals surface area contributed by atoms with Crippen LogP contribution in [0.2, 0.25) is 0 Å². The molecule has 0 heterocycles. The molecule has 0 saturated carbocycles. The highest BCUT2D eigenvalue weighted by Gasteiger charge is 2.02. The van der Waals surface area contributed by atoms with Crippen LogP contribution in [0.3, 0.4) is 0 Å². The Morgan fingerprint density at radius 1 is 0.960 bits per heavy atom. The minimum absolute atomic E-state index is 0.232. The molecule has 0 N–H and O–H groups in total. The van der Waals surface area contributed by atoms with Crippen LogP contribution in [0.4, 0.5) is 0 Å². The van der Waals surface area contributed by atoms with Gasteiger partial charge < -0.3 is 4.74 Å². The van der Waals surface area contributed by atoms with E-state index in [2.05, 4.69) is 40.7 Å². The van der Waals surface area contributed by atoms with E-state index in [4.69, 9.17) is 4.74 Å². The number of hydrogen-bond donors (Lipinski definition) is 0. The predicted octanol–water partition coefficient (Wildman–Crippen LogP) is 7.17. The number of rotatable bonds is 14. The van der Waals surface area contributed by atoms with Crippen LogP contribution in [-0.4, -0.2) is 12.6 Å². The number of ether oxygens (including phenoxy) is 1. The van der Waals surface area contributed by atoms with Crippen LogP contribution in [0, 0.1) is 5.92 Å². The van der Waals surface area contributed by atoms with Gasteiger partial charge >= 0.3 is 5.97 Å². The molecular formula is C23H40O2. The summed E-state index contributed by atoms with van der Waals surface area (Å²) < 4.78 is 5.24. The van der Waals surface area contributed by atoms with E-state index in [-0.39, 0.29) is 5.97 Å². The van der Waals surface area contributed by atoms with Crippen molar-refractivity contribution in [3.63, 3.8) is 0 Å². The second-order valence-corrected chi connectivity index (χ2v) is 7.31. The van der Waals surface area contributed by atoms with Gasteiger partial charge in [0.25, 0.3) is 0 Å². The van der Waals surface area contributed by atoms with Crippen molar-refractivity contribution >= 4 is 5.97 Å². The number of allylic oxidation sites excluding steroid dienone is 4. The molecule has 0 bridgehead atoms. The average molecular weight is 349 g/mol. The van der Waals surface area contributed by atoms with Gasteiger partial charge in [-0.25, -0.2) is 4.79 Å². The highest BCUT2D eigenvalue weighted by molar-refractivity contribution is 5.81. The lowest BCUT2D eigenvalue weighted by molar-refractivity contribution is -0.136. The smallest absolute Gasteiger partial charge is 0.330 e. The van der Waals surface area contributed by atoms with Crippen LogP contribution in [0.15, 0.2) is 35.5 Å². The molecule has 0 aliphatic rings. The topological polar surface area (TPSA) is 26.3 Å². The summed E-state index contributed by atoms with van der Waals surface area (Å²) in [5.74, 6) is 0.255. The molecular weight excluding hydrogens is 308 g/mol. The van der Waals surface area contributed by atoms with Crippen molar-refractivity contribution in [3.05, 3.63) is 35.5 Å². The van der Waals surface area contributed by atoms with E-state index >= 15 is 0 Å². The third-order valence-electron chi connectivity index (χ3n) is 4.52. The Morgan fingerprint density at radius 2 is 1.60 bits per heavy atom. The largest absolute Gasteiger partial charge is 0.458 e. The molecule has 0 saturated heterocycles. The van der Waals surface area contributed by atoms with Gasteiger partial charge in [0, 0.05) is 6.08 Å². The van der Waals surface area contributed by atoms with E-state index < -0.39 is 0 Å². The fraction of sp³-hybridized carbons (Fsp3) is 0.696. The monoisotopic (exact) mass is 348 g/mol. The van der Waals surface area contributed by atoms with E-state index in [1.807, 2.05) is 12.2 Å². The van der Waals surface area contributed by atoms with Gasteiger partial charge in [0.15, 0.2) is 0 Å². The summed E-state index contributed by atoms with van der Waals surface area (Å²) in [5.41, 5.74) is 2.62. The maximum atomic E-state index is 11.7. The van der Waals surface area contributed by atoms with Crippen LogP contribution in [0.1, 0.15) is 92.4 Å². The Labute approximate surface area is 156 Å². The zero-order chi connectivity index (χ0) is 18.9. The Balaban J connectivity index is 3.77. The molecule has 2 nitrogen and oxygen atoms in total. The summed E-state index contributed by atoms with van der Waals surface area (Å²) in [6, 6.07) is 0. The lowest BCUT2D eigenvalue weighted by Gasteiger charge is -2.10. The third kappa shape index (κ3) is 15.9. The van der Waals surface area contributed by atoms with Gasteiger partial charge in [0.2, 0.25) is 0 Å². The minimum atomic E-state index is -0.232. The summed E-state index contributed by atoms with van der Waals surface area (Å²) in [6.45, 7) is 11.2. The molecule has 0 rings (SSSR count). The summed E-state index contributed by atoms with van der Waals surface area (Å²) >= 11 is 0. The van der Waals surface area contributed by atoms with E-state index in [1.54, 1.807) is 6.08 Å². The van der Waals surface area contributed by atoms with Gasteiger partial charge in [0.05, 0.1) is 0 Å². The molecule has 0 aromatic heterocycles. The Hall–Kier alpha value is -1.31. The number of carbonyl (C=O) groups excluding carboxylic acids is 1. The van der Waals surface area contributed by atoms with Crippen LogP contribution >= 0.6 is 0 Å². The van der Waals surface area contributed by atoms with Gasteiger partial charge in [-0.05, 0) is 52.0 Å². The van der Waals surface area contributed by atoms with Crippen molar-refractivity contribution in [1.82, 2.24) is 0 Å². The first-order valence-electron chi connectivity index (χ1n) is 10.1. The molecule has 2 heteroatoms. The summed E-state index contributed by atoms with van der Waals surface area (Å²) in [6.07, 6.45) is 18.9. The quantitative estimate of drug-likeness (QED) is 0.144. The standard InChI is InChI=1S/C23H40O2/c1-6-7-8-9-10-11-12-13-14-15-23(24)25-19-18-22(5)21(4)17-16-20(2)3/h14-16,18,21H,6-13,17,19H2,1-5H3/b15-14?,22-18+/t21-/m0/s1. The summed E-state index contributed by atoms with van der Waals surface area (Å²) in [4.78, 5) is 11.7. The molecule has 0 amide bonds. The van der Waals surface area contributed by atoms with E-state index in [1.165, 1.54) is 49.7 Å². The second kappa shape index (κ2) is 16.2. The van der Waals surface area contributed by atoms with Gasteiger partial charge in [-0.2, -0.15) is 0 Å². The molecule has 1 atom stereocenters. The van der Waals surface area contributed by atoms with Crippen molar-refractivity contribution in [3.8, 4) is 0 Å². The second-order valence-electron chi connectivity index (χ2n) is 7.31. The normalized spacial score (nSPS) is 13.1. The van der Waals surface area contributed by atoms with Crippen molar-refractivity contribution in [1.29, 1.82) is 0 Å². The Bertz CT molecular complexity index is 425. The van der Waals surface area contributed by atoms with Crippen LogP contribution in [0.5, 0.6) is 0 Å². The van der Waals surface area contributed by atoms with Crippen molar-refractivity contribution in [2.45, 2.75) is 92.4 Å². The van der Waals surface area contributed by atoms with Crippen molar-refractivity contribution < 1.29 is 9.53 Å². The zero-order valence-electron chi connectivity index (χ0n) is 17.3. The molecule has 0 fully saturated rings. The highest BCUT2D eigenvalue weighted by Crippen LogP contribution is 2.15. The highest BCUT2D eigenvalue weighted by atomic mass is 16.5. The molecule has 0 unspecified atom stereocenters. The van der Waals surface area contributed by atoms with Gasteiger partial charge in [-0.15, -0.1) is 0 Å². The van der Waals surface area contributed by atoms with Crippen molar-refractivity contribution in [2.75, 3.05) is 6.61 Å². The average Bonchev–Trinajstić information content (AvgIpc) is 2.58. The molecule has 25 heavy (non-hydrogen) atoms. The Morgan fingerprint density at radius 3 is 2.24 bits per heavy atom. The first-order chi connectivity index (χ1) is 12.0. The van der Waals surface area contributed by atoms with Gasteiger partial charge in [-0.3, -0.25) is 0 Å². The Kier molecular flexibility index (Phi) is 15.3. The minimum Gasteiger partial charge on any atom is -0.458 e. The summed E-state index contributed by atoms with van der Waals surface area (Å²) in [5, 5.41) is 0. The first-order valence-corrected chi connectivity index (χ1v) is 10.1. The third-order valence-corrected chi connectivity index (χ3v) is 4.52. The molecule has 144 valence electrons. The van der Waals surface area contributed by atoms with Crippen LogP contribution in [0.25, 0.3) is 0 Å². The van der Waals surface area contributed by atoms with E-state index in [0.717, 1.165) is 19.3 Å². The predicted molar refractivity (Wildman–Crippen MR) is 110 cm³/mol. The SMILES string of the molecule is CCCCCCCCCC=CC(=O)OC/C=C(\C)[C@@H](C)CC=C(C)C. The summed E-state index contributed by atoms with van der Waals surface area (Å²) in [7, 11) is 0. The number of hydrogen-bond acceptors (Lipinski definition) is 2. The number of unbranched alkanes of at least 4 members (excludes halogenated alkanes) is 7. The number of esters is 1. The van der Waals surface area contributed by atoms with Gasteiger partial charge in [0.1, 0.15) is 6.61 Å². The maximum Gasteiger partial charge on any atom is 0.330 e. The molecule has 0 spiro atoms. The molecule has 0 aliphatic heterocycles. The van der Waals surface area contributed by atoms with Crippen LogP contribution < -0.4 is 0 Å². The van der Waals surface area contributed by atoms with Gasteiger partial charge in [-0.1, -0.05) is 75.7 Å². The molecule has 0 aromatic rings. The molecule has 0 aliphatic carbocycles. The molecule has 0 aromatic carbocycles. The number of carbonyl (C=O) groups is 1.